The van der Waals surface area contributed by atoms with E-state index >= 15 is 0 Å². The average Bonchev–Trinajstić information content (AvgIpc) is 2.81. The molecule has 0 fully saturated rings. The minimum atomic E-state index is -1.32. The van der Waals surface area contributed by atoms with Crippen molar-refractivity contribution in [3.05, 3.63) is 15.8 Å². The van der Waals surface area contributed by atoms with Gasteiger partial charge in [0.15, 0.2) is 5.92 Å². The molecule has 22 heavy (non-hydrogen) atoms. The Balaban J connectivity index is 3.05. The van der Waals surface area contributed by atoms with Gasteiger partial charge in [0.1, 0.15) is 4.88 Å². The second-order valence-electron chi connectivity index (χ2n) is 4.14. The Morgan fingerprint density at radius 1 is 1.27 bits per heavy atom. The number of carbonyl (C=O) groups is 3. The number of nitrogens with zero attached hydrogens (tertiary/aromatic N) is 1. The summed E-state index contributed by atoms with van der Waals surface area (Å²) in [6, 6.07) is 1.57. The van der Waals surface area contributed by atoms with Crippen LogP contribution in [0.3, 0.4) is 0 Å². The molecule has 1 aromatic rings. The number of rotatable bonds is 7. The van der Waals surface area contributed by atoms with Gasteiger partial charge in [-0.1, -0.05) is 0 Å². The molecule has 0 aliphatic rings. The Kier molecular flexibility index (Phi) is 6.71. The summed E-state index contributed by atoms with van der Waals surface area (Å²) in [6.45, 7) is 5.19. The van der Waals surface area contributed by atoms with E-state index in [0.717, 1.165) is 22.4 Å². The van der Waals surface area contributed by atoms with Crippen molar-refractivity contribution < 1.29 is 29.0 Å². The standard InChI is InChI=1S/C14H17NO6S/c1-4-20-13(18)9(14(19)21-5-2)7-15-10-6-8(3)22-11(10)12(16)17/h6-7,9H,4-5H2,1-3H3,(H,16,17). The first-order valence-corrected chi connectivity index (χ1v) is 7.43. The van der Waals surface area contributed by atoms with E-state index in [0.29, 0.717) is 0 Å². The van der Waals surface area contributed by atoms with Crippen LogP contribution in [-0.4, -0.2) is 42.4 Å². The number of ether oxygens (including phenoxy) is 2. The first kappa shape index (κ1) is 17.8. The number of hydrogen-bond acceptors (Lipinski definition) is 7. The van der Waals surface area contributed by atoms with Crippen molar-refractivity contribution in [1.82, 2.24) is 0 Å². The lowest BCUT2D eigenvalue weighted by Crippen LogP contribution is -2.29. The average molecular weight is 327 g/mol. The number of carbonyl (C=O) groups excluding carboxylic acids is 2. The molecule has 0 aliphatic carbocycles. The van der Waals surface area contributed by atoms with E-state index in [1.807, 2.05) is 0 Å². The molecule has 1 heterocycles. The molecule has 7 nitrogen and oxygen atoms in total. The monoisotopic (exact) mass is 327 g/mol. The highest BCUT2D eigenvalue weighted by molar-refractivity contribution is 7.14. The lowest BCUT2D eigenvalue weighted by Gasteiger charge is -2.09. The lowest BCUT2D eigenvalue weighted by molar-refractivity contribution is -0.157. The first-order chi connectivity index (χ1) is 10.4. The molecule has 0 amide bonds. The number of hydrogen-bond donors (Lipinski definition) is 1. The van der Waals surface area contributed by atoms with Gasteiger partial charge in [-0.3, -0.25) is 14.6 Å². The summed E-state index contributed by atoms with van der Waals surface area (Å²) in [4.78, 5) is 39.4. The highest BCUT2D eigenvalue weighted by atomic mass is 32.1. The molecule has 0 saturated carbocycles. The molecule has 0 radical (unpaired) electrons. The highest BCUT2D eigenvalue weighted by Crippen LogP contribution is 2.29. The quantitative estimate of drug-likeness (QED) is 0.468. The summed E-state index contributed by atoms with van der Waals surface area (Å²) in [5.41, 5.74) is 0.189. The second kappa shape index (κ2) is 8.28. The summed E-state index contributed by atoms with van der Waals surface area (Å²) in [6.07, 6.45) is 1.06. The Morgan fingerprint density at radius 2 is 1.82 bits per heavy atom. The number of esters is 2. The van der Waals surface area contributed by atoms with Crippen LogP contribution in [0.25, 0.3) is 0 Å². The van der Waals surface area contributed by atoms with Crippen LogP contribution in [-0.2, 0) is 19.1 Å². The third kappa shape index (κ3) is 4.66. The normalized spacial score (nSPS) is 10.9. The fourth-order valence-electron chi connectivity index (χ4n) is 1.59. The number of aromatic carboxylic acids is 1. The Morgan fingerprint density at radius 3 is 2.27 bits per heavy atom. The molecule has 8 heteroatoms. The number of aryl methyl sites for hydroxylation is 1. The van der Waals surface area contributed by atoms with Crippen LogP contribution in [0.1, 0.15) is 28.4 Å². The van der Waals surface area contributed by atoms with Gasteiger partial charge in [-0.2, -0.15) is 0 Å². The molecule has 0 aliphatic heterocycles. The van der Waals surface area contributed by atoms with E-state index in [1.54, 1.807) is 26.8 Å². The smallest absolute Gasteiger partial charge is 0.348 e. The van der Waals surface area contributed by atoms with Gasteiger partial charge < -0.3 is 14.6 Å². The van der Waals surface area contributed by atoms with Gasteiger partial charge in [-0.05, 0) is 26.8 Å². The SMILES string of the molecule is CCOC(=O)C(C=Nc1cc(C)sc1C(=O)O)C(=O)OCC. The molecule has 1 N–H and O–H groups in total. The molecule has 0 bridgehead atoms. The summed E-state index contributed by atoms with van der Waals surface area (Å²) in [5.74, 6) is -4.00. The number of carboxylic acids is 1. The molecule has 0 unspecified atom stereocenters. The maximum absolute atomic E-state index is 11.8. The van der Waals surface area contributed by atoms with E-state index in [1.165, 1.54) is 0 Å². The van der Waals surface area contributed by atoms with Crippen molar-refractivity contribution in [2.75, 3.05) is 13.2 Å². The molecular weight excluding hydrogens is 310 g/mol. The van der Waals surface area contributed by atoms with Crippen LogP contribution >= 0.6 is 11.3 Å². The van der Waals surface area contributed by atoms with Crippen molar-refractivity contribution in [2.45, 2.75) is 20.8 Å². The topological polar surface area (TPSA) is 102 Å². The molecule has 1 aromatic heterocycles. The van der Waals surface area contributed by atoms with Gasteiger partial charge in [0.25, 0.3) is 0 Å². The number of thiophene rings is 1. The van der Waals surface area contributed by atoms with Crippen molar-refractivity contribution in [1.29, 1.82) is 0 Å². The van der Waals surface area contributed by atoms with Crippen LogP contribution in [0.5, 0.6) is 0 Å². The molecular formula is C14H17NO6S. The third-order valence-corrected chi connectivity index (χ3v) is 3.50. The predicted octanol–water partition coefficient (Wildman–Crippen LogP) is 2.20. The van der Waals surface area contributed by atoms with Crippen LogP contribution < -0.4 is 0 Å². The van der Waals surface area contributed by atoms with Gasteiger partial charge in [0.2, 0.25) is 0 Å². The fraction of sp³-hybridized carbons (Fsp3) is 0.429. The largest absolute Gasteiger partial charge is 0.477 e. The van der Waals surface area contributed by atoms with E-state index in [2.05, 4.69) is 4.99 Å². The second-order valence-corrected chi connectivity index (χ2v) is 5.39. The van der Waals surface area contributed by atoms with Crippen LogP contribution in [0.4, 0.5) is 5.69 Å². The van der Waals surface area contributed by atoms with Gasteiger partial charge in [-0.25, -0.2) is 4.79 Å². The fourth-order valence-corrected chi connectivity index (χ4v) is 2.38. The molecule has 1 rings (SSSR count). The zero-order chi connectivity index (χ0) is 16.7. The van der Waals surface area contributed by atoms with Crippen molar-refractivity contribution >= 4 is 41.1 Å². The van der Waals surface area contributed by atoms with Crippen LogP contribution in [0, 0.1) is 12.8 Å². The zero-order valence-electron chi connectivity index (χ0n) is 12.5. The van der Waals surface area contributed by atoms with Gasteiger partial charge in [0, 0.05) is 11.1 Å². The molecule has 120 valence electrons. The molecule has 0 atom stereocenters. The van der Waals surface area contributed by atoms with Gasteiger partial charge in [0.05, 0.1) is 18.9 Å². The number of aliphatic imine (C=N–C) groups is 1. The van der Waals surface area contributed by atoms with Crippen molar-refractivity contribution in [3.8, 4) is 0 Å². The Bertz CT molecular complexity index is 574. The van der Waals surface area contributed by atoms with E-state index in [9.17, 15) is 14.4 Å². The summed E-state index contributed by atoms with van der Waals surface area (Å²) < 4.78 is 9.60. The number of carboxylic acid groups (broad SMARTS) is 1. The summed E-state index contributed by atoms with van der Waals surface area (Å²) >= 11 is 1.07. The summed E-state index contributed by atoms with van der Waals surface area (Å²) in [7, 11) is 0. The first-order valence-electron chi connectivity index (χ1n) is 6.61. The molecule has 0 saturated heterocycles. The maximum Gasteiger partial charge on any atom is 0.348 e. The highest BCUT2D eigenvalue weighted by Gasteiger charge is 2.28. The van der Waals surface area contributed by atoms with E-state index in [-0.39, 0.29) is 23.8 Å². The minimum absolute atomic E-state index is 0.0419. The molecule has 0 aromatic carbocycles. The van der Waals surface area contributed by atoms with Crippen LogP contribution in [0.15, 0.2) is 11.1 Å². The van der Waals surface area contributed by atoms with Gasteiger partial charge >= 0.3 is 17.9 Å². The van der Waals surface area contributed by atoms with Gasteiger partial charge in [-0.15, -0.1) is 11.3 Å². The lowest BCUT2D eigenvalue weighted by atomic mass is 10.1. The third-order valence-electron chi connectivity index (χ3n) is 2.47. The Labute approximate surface area is 131 Å². The Hall–Kier alpha value is -2.22. The van der Waals surface area contributed by atoms with E-state index < -0.39 is 23.8 Å². The predicted molar refractivity (Wildman–Crippen MR) is 80.9 cm³/mol. The van der Waals surface area contributed by atoms with Crippen molar-refractivity contribution in [2.24, 2.45) is 10.9 Å². The zero-order valence-corrected chi connectivity index (χ0v) is 13.3. The minimum Gasteiger partial charge on any atom is -0.477 e. The van der Waals surface area contributed by atoms with Crippen LogP contribution in [0.2, 0.25) is 0 Å². The molecule has 0 spiro atoms. The maximum atomic E-state index is 11.8. The van der Waals surface area contributed by atoms with E-state index in [4.69, 9.17) is 14.6 Å². The summed E-state index contributed by atoms with van der Waals surface area (Å²) in [5, 5.41) is 9.08. The van der Waals surface area contributed by atoms with Crippen molar-refractivity contribution in [3.63, 3.8) is 0 Å².